The van der Waals surface area contributed by atoms with Gasteiger partial charge in [-0.1, -0.05) is 25.0 Å². The van der Waals surface area contributed by atoms with Gasteiger partial charge in [-0.15, -0.1) is 12.4 Å². The highest BCUT2D eigenvalue weighted by atomic mass is 35.5. The number of carboxylic acids is 1. The molecule has 1 atom stereocenters. The number of carbonyl (C=O) groups excluding carboxylic acids is 1. The van der Waals surface area contributed by atoms with E-state index < -0.39 is 17.3 Å². The Balaban J connectivity index is 0.00000220. The molecule has 5 nitrogen and oxygen atoms in total. The van der Waals surface area contributed by atoms with Gasteiger partial charge in [-0.3, -0.25) is 9.59 Å². The Hall–Kier alpha value is -1.59. The molecular weight excluding hydrogens is 292 g/mol. The first-order valence-corrected chi connectivity index (χ1v) is 6.86. The monoisotopic (exact) mass is 312 g/mol. The van der Waals surface area contributed by atoms with Crippen LogP contribution in [0.25, 0.3) is 0 Å². The van der Waals surface area contributed by atoms with Crippen LogP contribution in [-0.2, 0) is 9.59 Å². The zero-order valence-electron chi connectivity index (χ0n) is 12.0. The maximum atomic E-state index is 12.3. The summed E-state index contributed by atoms with van der Waals surface area (Å²) in [4.78, 5) is 23.7. The summed E-state index contributed by atoms with van der Waals surface area (Å²) < 4.78 is 0. The molecule has 0 bridgehead atoms. The van der Waals surface area contributed by atoms with Gasteiger partial charge in [0.15, 0.2) is 0 Å². The third-order valence-electron chi connectivity index (χ3n) is 4.00. The van der Waals surface area contributed by atoms with Gasteiger partial charge in [-0.25, -0.2) is 0 Å². The van der Waals surface area contributed by atoms with Gasteiger partial charge in [0.1, 0.15) is 5.41 Å². The number of benzene rings is 1. The predicted molar refractivity (Wildman–Crippen MR) is 83.5 cm³/mol. The Morgan fingerprint density at radius 1 is 1.24 bits per heavy atom. The van der Waals surface area contributed by atoms with Gasteiger partial charge in [0.25, 0.3) is 0 Å². The first-order valence-electron chi connectivity index (χ1n) is 6.86. The van der Waals surface area contributed by atoms with Crippen molar-refractivity contribution in [1.82, 2.24) is 0 Å². The zero-order chi connectivity index (χ0) is 14.8. The third-order valence-corrected chi connectivity index (χ3v) is 4.00. The lowest BCUT2D eigenvalue weighted by Gasteiger charge is -2.22. The Kier molecular flexibility index (Phi) is 5.75. The molecule has 1 fully saturated rings. The minimum absolute atomic E-state index is 0. The zero-order valence-corrected chi connectivity index (χ0v) is 12.8. The van der Waals surface area contributed by atoms with Crippen LogP contribution >= 0.6 is 12.4 Å². The number of rotatable bonds is 4. The summed E-state index contributed by atoms with van der Waals surface area (Å²) in [5, 5.41) is 12.1. The molecule has 0 heterocycles. The second kappa shape index (κ2) is 6.91. The SMILES string of the molecule is C[C@H](N)c1ccc(NC(=O)C2(C(=O)O)CCCC2)cc1.Cl. The second-order valence-electron chi connectivity index (χ2n) is 5.46. The molecule has 0 saturated heterocycles. The van der Waals surface area contributed by atoms with E-state index in [1.54, 1.807) is 12.1 Å². The van der Waals surface area contributed by atoms with E-state index in [1.165, 1.54) is 0 Å². The van der Waals surface area contributed by atoms with Crippen molar-refractivity contribution in [1.29, 1.82) is 0 Å². The number of hydrogen-bond donors (Lipinski definition) is 3. The second-order valence-corrected chi connectivity index (χ2v) is 5.46. The van der Waals surface area contributed by atoms with Crippen molar-refractivity contribution in [2.24, 2.45) is 11.1 Å². The van der Waals surface area contributed by atoms with Crippen LogP contribution in [0, 0.1) is 5.41 Å². The Bertz CT molecular complexity index is 508. The highest BCUT2D eigenvalue weighted by molar-refractivity contribution is 6.08. The number of amides is 1. The summed E-state index contributed by atoms with van der Waals surface area (Å²) >= 11 is 0. The molecule has 116 valence electrons. The molecule has 1 aromatic carbocycles. The fourth-order valence-corrected chi connectivity index (χ4v) is 2.64. The molecule has 21 heavy (non-hydrogen) atoms. The molecule has 6 heteroatoms. The van der Waals surface area contributed by atoms with Crippen LogP contribution < -0.4 is 11.1 Å². The Morgan fingerprint density at radius 2 is 1.76 bits per heavy atom. The van der Waals surface area contributed by atoms with Gasteiger partial charge in [-0.2, -0.15) is 0 Å². The summed E-state index contributed by atoms with van der Waals surface area (Å²) in [6.45, 7) is 1.88. The number of halogens is 1. The van der Waals surface area contributed by atoms with Crippen molar-refractivity contribution in [2.45, 2.75) is 38.6 Å². The molecular formula is C15H21ClN2O3. The van der Waals surface area contributed by atoms with Crippen molar-refractivity contribution < 1.29 is 14.7 Å². The van der Waals surface area contributed by atoms with Gasteiger partial charge in [-0.05, 0) is 37.5 Å². The van der Waals surface area contributed by atoms with Gasteiger partial charge in [0.2, 0.25) is 5.91 Å². The van der Waals surface area contributed by atoms with Crippen molar-refractivity contribution >= 4 is 30.0 Å². The van der Waals surface area contributed by atoms with Crippen LogP contribution in [0.2, 0.25) is 0 Å². The molecule has 1 amide bonds. The average molecular weight is 313 g/mol. The third kappa shape index (κ3) is 3.54. The van der Waals surface area contributed by atoms with E-state index in [2.05, 4.69) is 5.32 Å². The fourth-order valence-electron chi connectivity index (χ4n) is 2.64. The summed E-state index contributed by atoms with van der Waals surface area (Å²) in [5.74, 6) is -1.45. The number of carboxylic acid groups (broad SMARTS) is 1. The minimum Gasteiger partial charge on any atom is -0.480 e. The number of aliphatic carboxylic acids is 1. The molecule has 0 spiro atoms. The maximum absolute atomic E-state index is 12.3. The number of carbonyl (C=O) groups is 2. The lowest BCUT2D eigenvalue weighted by molar-refractivity contribution is -0.153. The van der Waals surface area contributed by atoms with E-state index in [0.717, 1.165) is 18.4 Å². The molecule has 1 saturated carbocycles. The first kappa shape index (κ1) is 17.5. The molecule has 0 aromatic heterocycles. The van der Waals surface area contributed by atoms with Crippen LogP contribution in [0.3, 0.4) is 0 Å². The lowest BCUT2D eigenvalue weighted by Crippen LogP contribution is -2.40. The molecule has 0 aliphatic heterocycles. The average Bonchev–Trinajstić information content (AvgIpc) is 2.90. The molecule has 0 radical (unpaired) electrons. The van der Waals surface area contributed by atoms with Gasteiger partial charge < -0.3 is 16.2 Å². The number of nitrogens with two attached hydrogens (primary N) is 1. The standard InChI is InChI=1S/C15H20N2O3.ClH/c1-10(16)11-4-6-12(7-5-11)17-13(18)15(14(19)20)8-2-3-9-15;/h4-7,10H,2-3,8-9,16H2,1H3,(H,17,18)(H,19,20);1H/t10-;/m0./s1. The van der Waals surface area contributed by atoms with Crippen molar-refractivity contribution in [3.05, 3.63) is 29.8 Å². The van der Waals surface area contributed by atoms with Crippen LogP contribution in [-0.4, -0.2) is 17.0 Å². The van der Waals surface area contributed by atoms with Crippen LogP contribution in [0.1, 0.15) is 44.2 Å². The summed E-state index contributed by atoms with van der Waals surface area (Å²) in [6.07, 6.45) is 2.38. The maximum Gasteiger partial charge on any atom is 0.319 e. The number of hydrogen-bond acceptors (Lipinski definition) is 3. The van der Waals surface area contributed by atoms with Gasteiger partial charge in [0, 0.05) is 11.7 Å². The van der Waals surface area contributed by atoms with E-state index in [9.17, 15) is 14.7 Å². The smallest absolute Gasteiger partial charge is 0.319 e. The molecule has 0 unspecified atom stereocenters. The van der Waals surface area contributed by atoms with E-state index >= 15 is 0 Å². The van der Waals surface area contributed by atoms with E-state index in [4.69, 9.17) is 5.73 Å². The fraction of sp³-hybridized carbons (Fsp3) is 0.467. The first-order chi connectivity index (χ1) is 9.45. The van der Waals surface area contributed by atoms with E-state index in [1.807, 2.05) is 19.1 Å². The van der Waals surface area contributed by atoms with Crippen LogP contribution in [0.4, 0.5) is 5.69 Å². The highest BCUT2D eigenvalue weighted by Gasteiger charge is 2.48. The summed E-state index contributed by atoms with van der Waals surface area (Å²) in [5.41, 5.74) is 6.07. The Morgan fingerprint density at radius 3 is 2.19 bits per heavy atom. The highest BCUT2D eigenvalue weighted by Crippen LogP contribution is 2.39. The largest absolute Gasteiger partial charge is 0.480 e. The minimum atomic E-state index is -1.26. The molecule has 2 rings (SSSR count). The van der Waals surface area contributed by atoms with Crippen LogP contribution in [0.15, 0.2) is 24.3 Å². The lowest BCUT2D eigenvalue weighted by atomic mass is 9.85. The van der Waals surface area contributed by atoms with E-state index in [0.29, 0.717) is 18.5 Å². The van der Waals surface area contributed by atoms with Crippen molar-refractivity contribution in [3.63, 3.8) is 0 Å². The summed E-state index contributed by atoms with van der Waals surface area (Å²) in [6, 6.07) is 7.10. The quantitative estimate of drug-likeness (QED) is 0.745. The normalized spacial score (nSPS) is 17.6. The van der Waals surface area contributed by atoms with Crippen molar-refractivity contribution in [3.8, 4) is 0 Å². The molecule has 1 aliphatic rings. The van der Waals surface area contributed by atoms with E-state index in [-0.39, 0.29) is 18.4 Å². The topological polar surface area (TPSA) is 92.4 Å². The Labute approximate surface area is 130 Å². The van der Waals surface area contributed by atoms with Crippen molar-refractivity contribution in [2.75, 3.05) is 5.32 Å². The molecule has 4 N–H and O–H groups in total. The van der Waals surface area contributed by atoms with Crippen LogP contribution in [0.5, 0.6) is 0 Å². The van der Waals surface area contributed by atoms with Gasteiger partial charge in [0.05, 0.1) is 0 Å². The number of nitrogens with one attached hydrogen (secondary N) is 1. The molecule has 1 aromatic rings. The van der Waals surface area contributed by atoms with Gasteiger partial charge >= 0.3 is 5.97 Å². The predicted octanol–water partition coefficient (Wildman–Crippen LogP) is 2.71. The summed E-state index contributed by atoms with van der Waals surface area (Å²) in [7, 11) is 0. The molecule has 1 aliphatic carbocycles. The number of anilines is 1.